The maximum absolute atomic E-state index is 10.2. The first-order chi connectivity index (χ1) is 8.06. The summed E-state index contributed by atoms with van der Waals surface area (Å²) >= 11 is 3.17. The highest BCUT2D eigenvalue weighted by molar-refractivity contribution is 9.10. The molecule has 0 saturated carbocycles. The maximum Gasteiger partial charge on any atom is 0.276 e. The molecule has 0 aliphatic heterocycles. The lowest BCUT2D eigenvalue weighted by molar-refractivity contribution is -0.402. The van der Waals surface area contributed by atoms with E-state index in [1.54, 1.807) is 12.1 Å². The summed E-state index contributed by atoms with van der Waals surface area (Å²) in [5.74, 6) is -0.0869. The van der Waals surface area contributed by atoms with E-state index in [0.29, 0.717) is 16.4 Å². The zero-order chi connectivity index (χ0) is 12.8. The molecule has 0 radical (unpaired) electrons. The van der Waals surface area contributed by atoms with E-state index < -0.39 is 10.7 Å². The molecular formula is C10H10BrNO5. The second-order valence-corrected chi connectivity index (χ2v) is 3.78. The minimum absolute atomic E-state index is 0.0990. The number of hydrogen-bond donors (Lipinski definition) is 2. The van der Waals surface area contributed by atoms with Crippen LogP contribution in [0.25, 0.3) is 5.76 Å². The lowest BCUT2D eigenvalue weighted by atomic mass is 10.2. The molecule has 0 saturated heterocycles. The van der Waals surface area contributed by atoms with Crippen LogP contribution in [0.1, 0.15) is 5.56 Å². The van der Waals surface area contributed by atoms with Crippen LogP contribution in [0.3, 0.4) is 0 Å². The van der Waals surface area contributed by atoms with E-state index in [1.165, 1.54) is 6.07 Å². The molecule has 1 aromatic carbocycles. The number of rotatable bonds is 5. The fraction of sp³-hybridized carbons (Fsp3) is 0.200. The molecule has 6 nitrogen and oxygen atoms in total. The van der Waals surface area contributed by atoms with Crippen molar-refractivity contribution in [1.82, 2.24) is 0 Å². The smallest absolute Gasteiger partial charge is 0.276 e. The SMILES string of the molecule is O=[N+]([O-])/C=C(\O)c1cccc(OCCO)c1Br. The number of benzene rings is 1. The van der Waals surface area contributed by atoms with Crippen molar-refractivity contribution in [2.45, 2.75) is 0 Å². The lowest BCUT2D eigenvalue weighted by Gasteiger charge is -2.09. The Kier molecular flexibility index (Phi) is 4.92. The van der Waals surface area contributed by atoms with Crippen LogP contribution in [0, 0.1) is 10.1 Å². The minimum Gasteiger partial charge on any atom is -0.502 e. The van der Waals surface area contributed by atoms with E-state index in [1.807, 2.05) is 0 Å². The third-order valence-electron chi connectivity index (χ3n) is 1.82. The Morgan fingerprint density at radius 3 is 2.88 bits per heavy atom. The molecule has 7 heteroatoms. The van der Waals surface area contributed by atoms with Gasteiger partial charge in [0.05, 0.1) is 16.0 Å². The number of aliphatic hydroxyl groups is 2. The number of nitro groups is 1. The first kappa shape index (κ1) is 13.5. The number of nitrogens with zero attached hydrogens (tertiary/aromatic N) is 1. The number of halogens is 1. The van der Waals surface area contributed by atoms with Gasteiger partial charge in [0, 0.05) is 5.56 Å². The molecule has 0 amide bonds. The topological polar surface area (TPSA) is 92.8 Å². The fourth-order valence-corrected chi connectivity index (χ4v) is 1.73. The molecule has 1 aromatic rings. The van der Waals surface area contributed by atoms with E-state index in [2.05, 4.69) is 15.9 Å². The van der Waals surface area contributed by atoms with Crippen molar-refractivity contribution in [2.75, 3.05) is 13.2 Å². The van der Waals surface area contributed by atoms with Crippen LogP contribution in [0.15, 0.2) is 28.9 Å². The molecule has 0 aliphatic rings. The number of hydrogen-bond acceptors (Lipinski definition) is 5. The second kappa shape index (κ2) is 6.21. The summed E-state index contributed by atoms with van der Waals surface area (Å²) in [4.78, 5) is 9.49. The molecule has 2 N–H and O–H groups in total. The van der Waals surface area contributed by atoms with Crippen molar-refractivity contribution in [3.63, 3.8) is 0 Å². The predicted octanol–water partition coefficient (Wildman–Crippen LogP) is 1.95. The van der Waals surface area contributed by atoms with Crippen LogP contribution in [0.5, 0.6) is 5.75 Å². The second-order valence-electron chi connectivity index (χ2n) is 2.99. The highest BCUT2D eigenvalue weighted by Gasteiger charge is 2.12. The van der Waals surface area contributed by atoms with Crippen LogP contribution in [0.2, 0.25) is 0 Å². The van der Waals surface area contributed by atoms with Gasteiger partial charge in [0.25, 0.3) is 6.20 Å². The molecule has 0 spiro atoms. The van der Waals surface area contributed by atoms with Crippen LogP contribution < -0.4 is 4.74 Å². The Labute approximate surface area is 105 Å². The van der Waals surface area contributed by atoms with Crippen LogP contribution >= 0.6 is 15.9 Å². The third kappa shape index (κ3) is 3.72. The van der Waals surface area contributed by atoms with Gasteiger partial charge in [-0.25, -0.2) is 0 Å². The van der Waals surface area contributed by atoms with Crippen LogP contribution in [0.4, 0.5) is 0 Å². The maximum atomic E-state index is 10.2. The van der Waals surface area contributed by atoms with E-state index in [-0.39, 0.29) is 18.8 Å². The molecule has 0 aromatic heterocycles. The summed E-state index contributed by atoms with van der Waals surface area (Å²) < 4.78 is 5.57. The van der Waals surface area contributed by atoms with Gasteiger partial charge >= 0.3 is 0 Å². The fourth-order valence-electron chi connectivity index (χ4n) is 1.15. The monoisotopic (exact) mass is 303 g/mol. The Bertz CT molecular complexity index is 446. The minimum atomic E-state index is -0.747. The van der Waals surface area contributed by atoms with Crippen molar-refractivity contribution < 1.29 is 19.9 Å². The lowest BCUT2D eigenvalue weighted by Crippen LogP contribution is -2.03. The molecular weight excluding hydrogens is 294 g/mol. The average molecular weight is 304 g/mol. The molecule has 0 fully saturated rings. The number of aliphatic hydroxyl groups excluding tert-OH is 2. The van der Waals surface area contributed by atoms with Crippen molar-refractivity contribution in [1.29, 1.82) is 0 Å². The first-order valence-corrected chi connectivity index (χ1v) is 5.42. The predicted molar refractivity (Wildman–Crippen MR) is 64.3 cm³/mol. The summed E-state index contributed by atoms with van der Waals surface area (Å²) in [6.45, 7) is -0.0465. The Morgan fingerprint density at radius 2 is 2.29 bits per heavy atom. The molecule has 0 atom stereocenters. The van der Waals surface area contributed by atoms with Gasteiger partial charge in [-0.15, -0.1) is 0 Å². The van der Waals surface area contributed by atoms with Gasteiger partial charge in [0.15, 0.2) is 5.76 Å². The Balaban J connectivity index is 3.05. The third-order valence-corrected chi connectivity index (χ3v) is 2.63. The summed E-state index contributed by atoms with van der Waals surface area (Å²) in [6, 6.07) is 4.70. The van der Waals surface area contributed by atoms with Crippen LogP contribution in [-0.4, -0.2) is 28.4 Å². The van der Waals surface area contributed by atoms with Gasteiger partial charge in [0.1, 0.15) is 12.4 Å². The van der Waals surface area contributed by atoms with E-state index in [4.69, 9.17) is 9.84 Å². The largest absolute Gasteiger partial charge is 0.502 e. The zero-order valence-electron chi connectivity index (χ0n) is 8.67. The van der Waals surface area contributed by atoms with E-state index in [0.717, 1.165) is 0 Å². The summed E-state index contributed by atoms with van der Waals surface area (Å²) in [6.07, 6.45) is 0.496. The summed E-state index contributed by atoms with van der Waals surface area (Å²) in [7, 11) is 0. The van der Waals surface area contributed by atoms with Gasteiger partial charge in [-0.1, -0.05) is 6.07 Å². The van der Waals surface area contributed by atoms with Crippen molar-refractivity contribution in [2.24, 2.45) is 0 Å². The van der Waals surface area contributed by atoms with Crippen molar-refractivity contribution in [3.8, 4) is 5.75 Å². The van der Waals surface area contributed by atoms with E-state index in [9.17, 15) is 15.2 Å². The van der Waals surface area contributed by atoms with Gasteiger partial charge < -0.3 is 14.9 Å². The van der Waals surface area contributed by atoms with Crippen molar-refractivity contribution in [3.05, 3.63) is 44.5 Å². The molecule has 0 unspecified atom stereocenters. The number of ether oxygens (including phenoxy) is 1. The van der Waals surface area contributed by atoms with Gasteiger partial charge in [-0.3, -0.25) is 10.1 Å². The van der Waals surface area contributed by atoms with Gasteiger partial charge in [0.2, 0.25) is 0 Å². The molecule has 92 valence electrons. The van der Waals surface area contributed by atoms with Gasteiger partial charge in [-0.05, 0) is 28.1 Å². The Morgan fingerprint density at radius 1 is 1.59 bits per heavy atom. The highest BCUT2D eigenvalue weighted by Crippen LogP contribution is 2.31. The van der Waals surface area contributed by atoms with Gasteiger partial charge in [-0.2, -0.15) is 0 Å². The Hall–Kier alpha value is -1.60. The molecule has 1 rings (SSSR count). The summed E-state index contributed by atoms with van der Waals surface area (Å²) in [5, 5.41) is 28.4. The normalized spacial score (nSPS) is 11.3. The van der Waals surface area contributed by atoms with Crippen molar-refractivity contribution >= 4 is 21.7 Å². The molecule has 0 aliphatic carbocycles. The first-order valence-electron chi connectivity index (χ1n) is 4.63. The molecule has 17 heavy (non-hydrogen) atoms. The quantitative estimate of drug-likeness (QED) is 0.493. The average Bonchev–Trinajstić information content (AvgIpc) is 2.26. The van der Waals surface area contributed by atoms with Crippen LogP contribution in [-0.2, 0) is 0 Å². The summed E-state index contributed by atoms with van der Waals surface area (Å²) in [5.41, 5.74) is 0.247. The highest BCUT2D eigenvalue weighted by atomic mass is 79.9. The van der Waals surface area contributed by atoms with E-state index >= 15 is 0 Å². The molecule has 0 heterocycles. The zero-order valence-corrected chi connectivity index (χ0v) is 10.3. The molecule has 0 bridgehead atoms. The standard InChI is InChI=1S/C10H10BrNO5/c11-10-7(8(14)6-12(15)16)2-1-3-9(10)17-5-4-13/h1-3,6,13-14H,4-5H2/b8-6-.